The molecular weight excluding hydrogens is 306 g/mol. The molecule has 0 fully saturated rings. The first-order valence-corrected chi connectivity index (χ1v) is 9.14. The molecule has 112 valence electrons. The topological polar surface area (TPSA) is 54.5 Å². The smallest absolute Gasteiger partial charge is 0.253 e. The third-order valence-corrected chi connectivity index (χ3v) is 5.32. The van der Waals surface area contributed by atoms with E-state index in [4.69, 9.17) is 0 Å². The van der Waals surface area contributed by atoms with Crippen LogP contribution in [0, 0.1) is 6.92 Å². The monoisotopic (exact) mass is 323 g/mol. The molecule has 1 amide bonds. The third kappa shape index (κ3) is 3.71. The van der Waals surface area contributed by atoms with Gasteiger partial charge in [0.25, 0.3) is 5.91 Å². The molecule has 21 heavy (non-hydrogen) atoms. The molecule has 2 rings (SSSR count). The largest absolute Gasteiger partial charge is 0.337 e. The number of hydrogen-bond donors (Lipinski definition) is 0. The number of carbonyl (C=O) groups excluding carboxylic acids is 1. The maximum Gasteiger partial charge on any atom is 0.253 e. The standard InChI is InChI=1S/C15H17NO3S2/c1-11-7-8-20-14(11)10-16(2)15(17)12-5-4-6-13(9-12)21(3,18)19/h4-9H,10H2,1-3H3. The lowest BCUT2D eigenvalue weighted by Crippen LogP contribution is -2.26. The van der Waals surface area contributed by atoms with Gasteiger partial charge in [0, 0.05) is 23.7 Å². The Labute approximate surface area is 129 Å². The summed E-state index contributed by atoms with van der Waals surface area (Å²) in [5, 5.41) is 1.99. The van der Waals surface area contributed by atoms with Crippen LogP contribution in [0.25, 0.3) is 0 Å². The maximum atomic E-state index is 12.4. The number of nitrogens with zero attached hydrogens (tertiary/aromatic N) is 1. The van der Waals surface area contributed by atoms with Crippen LogP contribution in [0.4, 0.5) is 0 Å². The minimum Gasteiger partial charge on any atom is -0.337 e. The van der Waals surface area contributed by atoms with Gasteiger partial charge in [-0.15, -0.1) is 11.3 Å². The van der Waals surface area contributed by atoms with Crippen LogP contribution in [0.15, 0.2) is 40.6 Å². The van der Waals surface area contributed by atoms with Gasteiger partial charge in [-0.25, -0.2) is 8.42 Å². The molecule has 1 aromatic heterocycles. The Balaban J connectivity index is 2.22. The van der Waals surface area contributed by atoms with E-state index in [-0.39, 0.29) is 10.8 Å². The molecule has 0 spiro atoms. The van der Waals surface area contributed by atoms with Crippen LogP contribution in [-0.2, 0) is 16.4 Å². The first-order valence-electron chi connectivity index (χ1n) is 6.37. The third-order valence-electron chi connectivity index (χ3n) is 3.20. The lowest BCUT2D eigenvalue weighted by atomic mass is 10.2. The Morgan fingerprint density at radius 1 is 1.29 bits per heavy atom. The van der Waals surface area contributed by atoms with Crippen LogP contribution in [0.1, 0.15) is 20.8 Å². The van der Waals surface area contributed by atoms with Gasteiger partial charge in [0.1, 0.15) is 0 Å². The fraction of sp³-hybridized carbons (Fsp3) is 0.267. The van der Waals surface area contributed by atoms with E-state index in [1.807, 2.05) is 18.4 Å². The zero-order valence-corrected chi connectivity index (χ0v) is 13.8. The maximum absolute atomic E-state index is 12.4. The summed E-state index contributed by atoms with van der Waals surface area (Å²) in [6, 6.07) is 8.16. The Bertz CT molecular complexity index is 763. The predicted octanol–water partition coefficient (Wildman–Crippen LogP) is 2.73. The summed E-state index contributed by atoms with van der Waals surface area (Å²) < 4.78 is 23.1. The average Bonchev–Trinajstić information content (AvgIpc) is 2.82. The molecule has 0 radical (unpaired) electrons. The van der Waals surface area contributed by atoms with Crippen molar-refractivity contribution >= 4 is 27.1 Å². The molecule has 0 atom stereocenters. The van der Waals surface area contributed by atoms with Crippen LogP contribution in [0.3, 0.4) is 0 Å². The van der Waals surface area contributed by atoms with Gasteiger partial charge in [-0.3, -0.25) is 4.79 Å². The van der Waals surface area contributed by atoms with Crippen molar-refractivity contribution in [3.05, 3.63) is 51.7 Å². The fourth-order valence-corrected chi connectivity index (χ4v) is 3.56. The lowest BCUT2D eigenvalue weighted by Gasteiger charge is -2.17. The average molecular weight is 323 g/mol. The van der Waals surface area contributed by atoms with Gasteiger partial charge in [-0.2, -0.15) is 0 Å². The summed E-state index contributed by atoms with van der Waals surface area (Å²) >= 11 is 1.61. The van der Waals surface area contributed by atoms with Crippen molar-refractivity contribution in [1.82, 2.24) is 4.90 Å². The van der Waals surface area contributed by atoms with E-state index in [2.05, 4.69) is 0 Å². The van der Waals surface area contributed by atoms with Crippen LogP contribution in [0.2, 0.25) is 0 Å². The highest BCUT2D eigenvalue weighted by atomic mass is 32.2. The second-order valence-corrected chi connectivity index (χ2v) is 8.00. The van der Waals surface area contributed by atoms with Gasteiger partial charge in [-0.1, -0.05) is 6.07 Å². The Hall–Kier alpha value is -1.66. The van der Waals surface area contributed by atoms with Gasteiger partial charge in [0.05, 0.1) is 11.4 Å². The lowest BCUT2D eigenvalue weighted by molar-refractivity contribution is 0.0786. The number of amides is 1. The number of rotatable bonds is 4. The fourth-order valence-electron chi connectivity index (χ4n) is 1.93. The van der Waals surface area contributed by atoms with E-state index in [0.29, 0.717) is 12.1 Å². The van der Waals surface area contributed by atoms with Gasteiger partial charge in [0.15, 0.2) is 9.84 Å². The summed E-state index contributed by atoms with van der Waals surface area (Å²) in [6.45, 7) is 2.53. The number of aryl methyl sites for hydroxylation is 1. The summed E-state index contributed by atoms with van der Waals surface area (Å²) in [5.74, 6) is -0.187. The van der Waals surface area contributed by atoms with Gasteiger partial charge in [0.2, 0.25) is 0 Å². The van der Waals surface area contributed by atoms with E-state index in [1.165, 1.54) is 12.1 Å². The second-order valence-electron chi connectivity index (χ2n) is 4.99. The summed E-state index contributed by atoms with van der Waals surface area (Å²) in [4.78, 5) is 15.3. The quantitative estimate of drug-likeness (QED) is 0.869. The Morgan fingerprint density at radius 3 is 2.57 bits per heavy atom. The molecule has 0 aliphatic heterocycles. The first-order chi connectivity index (χ1) is 9.79. The molecule has 6 heteroatoms. The normalized spacial score (nSPS) is 11.4. The minimum atomic E-state index is -3.31. The number of carbonyl (C=O) groups is 1. The zero-order valence-electron chi connectivity index (χ0n) is 12.2. The Morgan fingerprint density at radius 2 is 2.00 bits per heavy atom. The van der Waals surface area contributed by atoms with E-state index in [9.17, 15) is 13.2 Å². The molecule has 4 nitrogen and oxygen atoms in total. The van der Waals surface area contributed by atoms with Crippen LogP contribution >= 0.6 is 11.3 Å². The van der Waals surface area contributed by atoms with Crippen molar-refractivity contribution in [3.63, 3.8) is 0 Å². The predicted molar refractivity (Wildman–Crippen MR) is 84.4 cm³/mol. The first kappa shape index (κ1) is 15.7. The van der Waals surface area contributed by atoms with E-state index >= 15 is 0 Å². The van der Waals surface area contributed by atoms with Gasteiger partial charge >= 0.3 is 0 Å². The van der Waals surface area contributed by atoms with Crippen molar-refractivity contribution in [3.8, 4) is 0 Å². The molecule has 0 aliphatic rings. The molecule has 0 unspecified atom stereocenters. The van der Waals surface area contributed by atoms with E-state index in [0.717, 1.165) is 16.7 Å². The molecule has 0 N–H and O–H groups in total. The highest BCUT2D eigenvalue weighted by Gasteiger charge is 2.16. The molecule has 0 saturated heterocycles. The summed E-state index contributed by atoms with van der Waals surface area (Å²) in [5.41, 5.74) is 1.54. The molecule has 2 aromatic rings. The number of benzene rings is 1. The summed E-state index contributed by atoms with van der Waals surface area (Å²) in [7, 11) is -1.59. The molecule has 0 saturated carbocycles. The van der Waals surface area contributed by atoms with Crippen LogP contribution in [0.5, 0.6) is 0 Å². The highest BCUT2D eigenvalue weighted by molar-refractivity contribution is 7.90. The van der Waals surface area contributed by atoms with Crippen molar-refractivity contribution < 1.29 is 13.2 Å². The Kier molecular flexibility index (Phi) is 4.49. The molecule has 0 bridgehead atoms. The zero-order chi connectivity index (χ0) is 15.6. The molecular formula is C15H17NO3S2. The van der Waals surface area contributed by atoms with Gasteiger partial charge in [-0.05, 0) is 42.1 Å². The van der Waals surface area contributed by atoms with E-state index in [1.54, 1.807) is 35.4 Å². The molecule has 1 heterocycles. The number of thiophene rings is 1. The molecule has 0 aliphatic carbocycles. The van der Waals surface area contributed by atoms with Crippen molar-refractivity contribution in [1.29, 1.82) is 0 Å². The SMILES string of the molecule is Cc1ccsc1CN(C)C(=O)c1cccc(S(C)(=O)=O)c1. The number of hydrogen-bond acceptors (Lipinski definition) is 4. The van der Waals surface area contributed by atoms with Crippen molar-refractivity contribution in [2.75, 3.05) is 13.3 Å². The van der Waals surface area contributed by atoms with Crippen molar-refractivity contribution in [2.45, 2.75) is 18.4 Å². The minimum absolute atomic E-state index is 0.161. The molecule has 1 aromatic carbocycles. The van der Waals surface area contributed by atoms with Crippen LogP contribution in [-0.4, -0.2) is 32.5 Å². The highest BCUT2D eigenvalue weighted by Crippen LogP contribution is 2.19. The number of sulfone groups is 1. The van der Waals surface area contributed by atoms with Gasteiger partial charge < -0.3 is 4.90 Å². The van der Waals surface area contributed by atoms with E-state index < -0.39 is 9.84 Å². The van der Waals surface area contributed by atoms with Crippen molar-refractivity contribution in [2.24, 2.45) is 0 Å². The summed E-state index contributed by atoms with van der Waals surface area (Å²) in [6.07, 6.45) is 1.13. The second kappa shape index (κ2) is 5.99. The van der Waals surface area contributed by atoms with Crippen LogP contribution < -0.4 is 0 Å².